The molecule has 0 bridgehead atoms. The van der Waals surface area contributed by atoms with Crippen molar-refractivity contribution in [2.24, 2.45) is 0 Å². The molecule has 0 radical (unpaired) electrons. The number of ether oxygens (including phenoxy) is 11. The van der Waals surface area contributed by atoms with Gasteiger partial charge in [-0.05, 0) is 119 Å². The van der Waals surface area contributed by atoms with Crippen molar-refractivity contribution in [2.75, 3.05) is 80.5 Å². The molecule has 0 N–H and O–H groups in total. The maximum atomic E-state index is 10.1. The number of hydrogen-bond donors (Lipinski definition) is 0. The van der Waals surface area contributed by atoms with Gasteiger partial charge in [-0.3, -0.25) is 4.79 Å². The van der Waals surface area contributed by atoms with E-state index in [1.807, 2.05) is 6.92 Å². The summed E-state index contributed by atoms with van der Waals surface area (Å²) in [5, 5.41) is 0. The van der Waals surface area contributed by atoms with Gasteiger partial charge in [0.25, 0.3) is 0 Å². The molecule has 65 heavy (non-hydrogen) atoms. The molecule has 19 heteroatoms. The first-order valence-electron chi connectivity index (χ1n) is 26.1. The zero-order valence-corrected chi connectivity index (χ0v) is 60.3. The Hall–Kier alpha value is 0.588. The maximum Gasteiger partial charge on any atom is 0.302 e. The summed E-state index contributed by atoms with van der Waals surface area (Å²) in [7, 11) is 12.3. The first-order valence-corrected chi connectivity index (χ1v) is 36.0. The Labute approximate surface area is 424 Å². The highest BCUT2D eigenvalue weighted by atomic mass is 28.2. The standard InChI is InChI=1S/C8H18O2Si.C8H20OSi.C7H16O2Si.C7H18OSi.C6H16O2Si.C5H14O2Si.C5H12O2Si/c11-7-3-6-10-8-4-1-2-5-9-8;1-4-8(2,3)9-6-5-7-10;10-6-2-5-9-7-3-1-4-8-7;1-7(2,3)8-5-4-6-9;1-6(7-2)8-4-3-5-9;1-6-5-7-3-2-4-8;1-5(6)7-3-2-4-8/h8H,1-7H2,11H3;4-7H2,1-3,10H3;7H,1-6H2,10H3;4-6H2,1-3,9H3;6H,3-5H2,1-2,9H3;2-5H2,1,8H3;2-4H2,1,8H3. The Balaban J connectivity index is -0.000000216. The molecule has 3 atom stereocenters. The summed E-state index contributed by atoms with van der Waals surface area (Å²) in [5.74, 6) is -0.167. The molecule has 2 heterocycles. The predicted molar refractivity (Wildman–Crippen MR) is 303 cm³/mol. The van der Waals surface area contributed by atoms with Crippen LogP contribution in [0.3, 0.4) is 0 Å². The molecule has 0 saturated carbocycles. The first-order chi connectivity index (χ1) is 31.0. The topological polar surface area (TPSA) is 119 Å². The van der Waals surface area contributed by atoms with Crippen LogP contribution in [0.25, 0.3) is 0 Å². The lowest BCUT2D eigenvalue weighted by Crippen LogP contribution is -2.23. The zero-order chi connectivity index (χ0) is 50.3. The van der Waals surface area contributed by atoms with Crippen LogP contribution in [0.15, 0.2) is 0 Å². The molecule has 0 amide bonds. The van der Waals surface area contributed by atoms with Gasteiger partial charge in [0.05, 0.1) is 17.8 Å². The Morgan fingerprint density at radius 2 is 1.03 bits per heavy atom. The van der Waals surface area contributed by atoms with Crippen molar-refractivity contribution in [3.63, 3.8) is 0 Å². The van der Waals surface area contributed by atoms with Crippen LogP contribution in [0.4, 0.5) is 0 Å². The van der Waals surface area contributed by atoms with Gasteiger partial charge in [-0.2, -0.15) is 0 Å². The van der Waals surface area contributed by atoms with Crippen LogP contribution >= 0.6 is 0 Å². The number of rotatable bonds is 29. The maximum absolute atomic E-state index is 10.1. The Morgan fingerprint density at radius 1 is 0.600 bits per heavy atom. The predicted octanol–water partition coefficient (Wildman–Crippen LogP) is 3.03. The largest absolute Gasteiger partial charge is 0.466 e. The first kappa shape index (κ1) is 74.5. The fourth-order valence-electron chi connectivity index (χ4n) is 4.57. The van der Waals surface area contributed by atoms with Crippen molar-refractivity contribution in [3.8, 4) is 0 Å². The molecule has 2 aliphatic rings. The summed E-state index contributed by atoms with van der Waals surface area (Å²) in [6, 6.07) is 9.25. The lowest BCUT2D eigenvalue weighted by Gasteiger charge is -2.23. The normalized spacial score (nSPS) is 16.2. The van der Waals surface area contributed by atoms with Crippen molar-refractivity contribution >= 4 is 77.7 Å². The minimum Gasteiger partial charge on any atom is -0.466 e. The van der Waals surface area contributed by atoms with Gasteiger partial charge in [-0.25, -0.2) is 0 Å². The smallest absolute Gasteiger partial charge is 0.302 e. The molecule has 0 spiro atoms. The Kier molecular flexibility index (Phi) is 69.6. The Morgan fingerprint density at radius 3 is 1.42 bits per heavy atom. The summed E-state index contributed by atoms with van der Waals surface area (Å²) < 4.78 is 57.3. The van der Waals surface area contributed by atoms with E-state index in [4.69, 9.17) is 42.6 Å². The van der Waals surface area contributed by atoms with Crippen LogP contribution in [0.2, 0.25) is 42.3 Å². The van der Waals surface area contributed by atoms with Crippen molar-refractivity contribution in [3.05, 3.63) is 0 Å². The van der Waals surface area contributed by atoms with E-state index in [1.54, 1.807) is 14.2 Å². The van der Waals surface area contributed by atoms with Gasteiger partial charge in [0.15, 0.2) is 18.9 Å². The molecule has 0 aromatic carbocycles. The molecule has 398 valence electrons. The van der Waals surface area contributed by atoms with Crippen molar-refractivity contribution in [2.45, 2.75) is 211 Å². The third kappa shape index (κ3) is 76.3. The van der Waals surface area contributed by atoms with Gasteiger partial charge in [-0.15, -0.1) is 0 Å². The quantitative estimate of drug-likeness (QED) is 0.0475. The van der Waals surface area contributed by atoms with Gasteiger partial charge in [0.1, 0.15) is 6.79 Å². The average Bonchev–Trinajstić information content (AvgIpc) is 3.81. The highest BCUT2D eigenvalue weighted by Gasteiger charge is 2.15. The molecule has 3 unspecified atom stereocenters. The lowest BCUT2D eigenvalue weighted by atomic mass is 10.1. The fourth-order valence-corrected chi connectivity index (χ4v) is 6.59. The molecule has 2 saturated heterocycles. The zero-order valence-electron chi connectivity index (χ0n) is 46.3. The minimum absolute atomic E-state index is 0.0294. The van der Waals surface area contributed by atoms with Crippen molar-refractivity contribution in [1.29, 1.82) is 0 Å². The third-order valence-electron chi connectivity index (χ3n) is 9.33. The van der Waals surface area contributed by atoms with Crippen molar-refractivity contribution < 1.29 is 56.9 Å². The molecule has 2 rings (SSSR count). The number of methoxy groups -OCH3 is 2. The summed E-state index contributed by atoms with van der Waals surface area (Å²) in [6.45, 7) is 24.3. The van der Waals surface area contributed by atoms with E-state index in [0.717, 1.165) is 78.5 Å². The SMILES string of the molecule is CC(=O)OCCC[SiH3].CC(C)(C)OCCC[SiH3].CCC(C)(C)OCCC[SiH3].COC(C)OCCC[SiH3].COCOCCC[SiH3].[SiH3]CCCOC1CCCCO1.[SiH3]CCCOC1CCCO1. The van der Waals surface area contributed by atoms with Crippen LogP contribution in [0.1, 0.15) is 139 Å². The van der Waals surface area contributed by atoms with Crippen LogP contribution in [-0.2, 0) is 56.9 Å². The van der Waals surface area contributed by atoms with Crippen LogP contribution < -0.4 is 0 Å². The minimum atomic E-state index is -0.167. The second kappa shape index (κ2) is 60.7. The van der Waals surface area contributed by atoms with Gasteiger partial charge in [-0.1, -0.05) is 49.2 Å². The van der Waals surface area contributed by atoms with Crippen LogP contribution in [0, 0.1) is 0 Å². The third-order valence-corrected chi connectivity index (χ3v) is 14.3. The average molecular weight is 1060 g/mol. The molecular formula is C46H114O12Si7. The van der Waals surface area contributed by atoms with Crippen LogP contribution in [0.5, 0.6) is 0 Å². The van der Waals surface area contributed by atoms with Gasteiger partial charge >= 0.3 is 5.97 Å². The van der Waals surface area contributed by atoms with E-state index in [2.05, 4.69) is 51.0 Å². The second-order valence-corrected chi connectivity index (χ2v) is 24.7. The summed E-state index contributed by atoms with van der Waals surface area (Å²) >= 11 is 0. The van der Waals surface area contributed by atoms with E-state index in [0.29, 0.717) is 13.4 Å². The number of hydrogen-bond acceptors (Lipinski definition) is 12. The highest BCUT2D eigenvalue weighted by molar-refractivity contribution is 6.09. The van der Waals surface area contributed by atoms with E-state index in [1.165, 1.54) is 179 Å². The molecule has 2 aliphatic heterocycles. The number of carbonyl (C=O) groups excluding carboxylic acids is 1. The highest BCUT2D eigenvalue weighted by Crippen LogP contribution is 2.15. The fraction of sp³-hybridized carbons (Fsp3) is 0.978. The lowest BCUT2D eigenvalue weighted by molar-refractivity contribution is -0.162. The van der Waals surface area contributed by atoms with E-state index in [-0.39, 0.29) is 36.0 Å². The molecule has 0 aliphatic carbocycles. The second-order valence-electron chi connectivity index (χ2n) is 17.7. The number of carbonyl (C=O) groups is 1. The molecule has 2 fully saturated rings. The molecule has 0 aromatic rings. The Bertz CT molecular complexity index is 867. The van der Waals surface area contributed by atoms with E-state index < -0.39 is 0 Å². The van der Waals surface area contributed by atoms with Crippen LogP contribution in [-0.4, -0.2) is 188 Å². The van der Waals surface area contributed by atoms with Gasteiger partial charge in [0, 0.05) is 152 Å². The van der Waals surface area contributed by atoms with E-state index >= 15 is 0 Å². The van der Waals surface area contributed by atoms with Gasteiger partial charge < -0.3 is 52.1 Å². The summed E-state index contributed by atoms with van der Waals surface area (Å²) in [6.07, 6.45) is 15.5. The van der Waals surface area contributed by atoms with Gasteiger partial charge in [0.2, 0.25) is 0 Å². The molecule has 0 aromatic heterocycles. The summed E-state index contributed by atoms with van der Waals surface area (Å²) in [5.41, 5.74) is 0.174. The van der Waals surface area contributed by atoms with E-state index in [9.17, 15) is 4.79 Å². The molecular weight excluding hydrogens is 941 g/mol. The monoisotopic (exact) mass is 1050 g/mol. The summed E-state index contributed by atoms with van der Waals surface area (Å²) in [4.78, 5) is 10.1. The van der Waals surface area contributed by atoms with Crippen molar-refractivity contribution in [1.82, 2.24) is 0 Å². The molecule has 12 nitrogen and oxygen atoms in total. The number of esters is 1.